The van der Waals surface area contributed by atoms with Crippen molar-refractivity contribution >= 4 is 17.6 Å². The number of anilines is 1. The van der Waals surface area contributed by atoms with Crippen LogP contribution >= 0.6 is 0 Å². The lowest BCUT2D eigenvalue weighted by atomic mass is 9.85. The second-order valence-corrected chi connectivity index (χ2v) is 11.2. The highest BCUT2D eigenvalue weighted by Crippen LogP contribution is 2.52. The summed E-state index contributed by atoms with van der Waals surface area (Å²) in [4.78, 5) is 22.7. The average molecular weight is 626 g/mol. The van der Waals surface area contributed by atoms with Crippen LogP contribution in [0, 0.1) is 11.8 Å². The number of hydrogen-bond acceptors (Lipinski definition) is 10. The summed E-state index contributed by atoms with van der Waals surface area (Å²) < 4.78 is 39.3. The minimum atomic E-state index is -0.643. The molecule has 4 aromatic rings. The third kappa shape index (κ3) is 6.02. The van der Waals surface area contributed by atoms with Crippen LogP contribution in [0.1, 0.15) is 40.6 Å². The first-order valence-corrected chi connectivity index (χ1v) is 14.8. The molecule has 4 unspecified atom stereocenters. The maximum absolute atomic E-state index is 11.8. The van der Waals surface area contributed by atoms with E-state index in [4.69, 9.17) is 33.2 Å². The summed E-state index contributed by atoms with van der Waals surface area (Å²) in [6.07, 6.45) is 0.0435. The molecule has 4 aromatic carbocycles. The number of carbonyl (C=O) groups excluding carboxylic acids is 2. The lowest BCUT2D eigenvalue weighted by Gasteiger charge is -2.17. The smallest absolute Gasteiger partial charge is 0.347 e. The van der Waals surface area contributed by atoms with E-state index in [9.17, 15) is 14.7 Å². The minimum Gasteiger partial charge on any atom is -0.507 e. The molecule has 1 amide bonds. The molecule has 2 N–H and O–H groups in total. The van der Waals surface area contributed by atoms with Crippen LogP contribution in [0.3, 0.4) is 0 Å². The van der Waals surface area contributed by atoms with Gasteiger partial charge in [-0.1, -0.05) is 24.3 Å². The molecule has 4 aliphatic rings. The van der Waals surface area contributed by atoms with Gasteiger partial charge in [0.2, 0.25) is 19.5 Å². The summed E-state index contributed by atoms with van der Waals surface area (Å²) in [6.45, 7) is 3.34. The fraction of sp³-hybridized carbons (Fsp3) is 0.257. The molecule has 0 bridgehead atoms. The quantitative estimate of drug-likeness (QED) is 0.208. The van der Waals surface area contributed by atoms with Crippen LogP contribution in [-0.4, -0.2) is 43.8 Å². The highest BCUT2D eigenvalue weighted by Gasteiger charge is 2.48. The predicted molar refractivity (Wildman–Crippen MR) is 163 cm³/mol. The van der Waals surface area contributed by atoms with Gasteiger partial charge >= 0.3 is 5.97 Å². The SMILES string of the molecule is CC(=O)Nc1ccc(OC(=O)c2ccccc2O)cc1.c1cc2c(cc1C1OCC3C(c4ccc5c(c4)OCO5)OCC13)OCO2. The minimum absolute atomic E-state index is 0.0218. The predicted octanol–water partition coefficient (Wildman–Crippen LogP) is 5.79. The molecule has 0 saturated carbocycles. The zero-order valence-electron chi connectivity index (χ0n) is 24.8. The van der Waals surface area contributed by atoms with Crippen LogP contribution < -0.4 is 29.0 Å². The number of nitrogens with one attached hydrogen (secondary N) is 1. The lowest BCUT2D eigenvalue weighted by molar-refractivity contribution is -0.114. The van der Waals surface area contributed by atoms with Crippen LogP contribution in [0.2, 0.25) is 0 Å². The Morgan fingerprint density at radius 3 is 1.80 bits per heavy atom. The third-order valence-electron chi connectivity index (χ3n) is 8.22. The lowest BCUT2D eigenvalue weighted by Crippen LogP contribution is -2.14. The zero-order chi connectivity index (χ0) is 31.6. The Morgan fingerprint density at radius 2 is 1.26 bits per heavy atom. The highest BCUT2D eigenvalue weighted by molar-refractivity contribution is 5.94. The molecule has 46 heavy (non-hydrogen) atoms. The van der Waals surface area contributed by atoms with Gasteiger partial charge in [0.1, 0.15) is 17.1 Å². The monoisotopic (exact) mass is 625 g/mol. The highest BCUT2D eigenvalue weighted by atomic mass is 16.7. The van der Waals surface area contributed by atoms with E-state index in [-0.39, 0.29) is 43.0 Å². The molecule has 0 aliphatic carbocycles. The number of esters is 1. The Morgan fingerprint density at radius 1 is 0.717 bits per heavy atom. The normalized spacial score (nSPS) is 21.6. The molecule has 11 heteroatoms. The van der Waals surface area contributed by atoms with Crippen molar-refractivity contribution in [3.05, 3.63) is 102 Å². The third-order valence-corrected chi connectivity index (χ3v) is 8.22. The van der Waals surface area contributed by atoms with E-state index in [0.29, 0.717) is 36.5 Å². The van der Waals surface area contributed by atoms with Crippen molar-refractivity contribution in [2.75, 3.05) is 32.1 Å². The molecule has 11 nitrogen and oxygen atoms in total. The maximum Gasteiger partial charge on any atom is 0.347 e. The number of ether oxygens (including phenoxy) is 7. The number of amides is 1. The molecule has 2 fully saturated rings. The van der Waals surface area contributed by atoms with Gasteiger partial charge in [0.15, 0.2) is 23.0 Å². The number of para-hydroxylation sites is 1. The van der Waals surface area contributed by atoms with Crippen molar-refractivity contribution in [1.29, 1.82) is 0 Å². The van der Waals surface area contributed by atoms with Crippen LogP contribution in [0.15, 0.2) is 84.9 Å². The van der Waals surface area contributed by atoms with Crippen LogP contribution in [-0.2, 0) is 14.3 Å². The van der Waals surface area contributed by atoms with Gasteiger partial charge < -0.3 is 43.6 Å². The van der Waals surface area contributed by atoms with Gasteiger partial charge in [-0.2, -0.15) is 0 Å². The molecule has 4 aliphatic heterocycles. The molecule has 4 atom stereocenters. The number of fused-ring (bicyclic) bond motifs is 3. The van der Waals surface area contributed by atoms with Gasteiger partial charge in [-0.05, 0) is 71.8 Å². The fourth-order valence-corrected chi connectivity index (χ4v) is 6.03. The summed E-state index contributed by atoms with van der Waals surface area (Å²) in [7, 11) is 0. The molecule has 0 radical (unpaired) electrons. The Labute approximate surface area is 264 Å². The van der Waals surface area contributed by atoms with Crippen molar-refractivity contribution in [3.63, 3.8) is 0 Å². The van der Waals surface area contributed by atoms with Crippen molar-refractivity contribution in [2.24, 2.45) is 11.8 Å². The number of rotatable bonds is 5. The average Bonchev–Trinajstić information content (AvgIpc) is 3.86. The Hall–Kier alpha value is -5.26. The number of benzene rings is 4. The zero-order valence-corrected chi connectivity index (χ0v) is 24.8. The first-order chi connectivity index (χ1) is 22.4. The van der Waals surface area contributed by atoms with E-state index in [0.717, 1.165) is 34.1 Å². The molecule has 0 spiro atoms. The van der Waals surface area contributed by atoms with Crippen LogP contribution in [0.25, 0.3) is 0 Å². The second-order valence-electron chi connectivity index (χ2n) is 11.2. The van der Waals surface area contributed by atoms with Gasteiger partial charge in [0.05, 0.1) is 25.4 Å². The second kappa shape index (κ2) is 12.6. The molecule has 4 heterocycles. The van der Waals surface area contributed by atoms with E-state index in [2.05, 4.69) is 17.4 Å². The van der Waals surface area contributed by atoms with Gasteiger partial charge in [0, 0.05) is 24.4 Å². The van der Waals surface area contributed by atoms with E-state index in [1.807, 2.05) is 24.3 Å². The van der Waals surface area contributed by atoms with E-state index < -0.39 is 5.97 Å². The molecular weight excluding hydrogens is 594 g/mol. The van der Waals surface area contributed by atoms with Crippen LogP contribution in [0.4, 0.5) is 5.69 Å². The molecule has 8 rings (SSSR count). The Kier molecular flexibility index (Phi) is 8.08. The number of aromatic hydroxyl groups is 1. The summed E-state index contributed by atoms with van der Waals surface area (Å²) in [6, 6.07) is 24.6. The van der Waals surface area contributed by atoms with Gasteiger partial charge in [-0.15, -0.1) is 0 Å². The standard InChI is InChI=1S/C20H18O6.C15H13NO4/c1-3-15-17(25-9-23-15)5-11(1)19-13-7-22-20(14(13)8-21-19)12-2-4-16-18(6-12)26-10-24-16;1-10(17)16-11-6-8-12(9-7-11)20-15(19)13-4-2-3-5-14(13)18/h1-6,13-14,19-20H,7-10H2;2-9,18H,1H3,(H,16,17). The molecule has 236 valence electrons. The van der Waals surface area contributed by atoms with Crippen molar-refractivity contribution in [3.8, 4) is 34.5 Å². The molecule has 0 aromatic heterocycles. The first kappa shape index (κ1) is 29.5. The van der Waals surface area contributed by atoms with Gasteiger partial charge in [0.25, 0.3) is 0 Å². The van der Waals surface area contributed by atoms with Crippen molar-refractivity contribution < 1.29 is 47.9 Å². The largest absolute Gasteiger partial charge is 0.507 e. The van der Waals surface area contributed by atoms with E-state index >= 15 is 0 Å². The van der Waals surface area contributed by atoms with Crippen LogP contribution in [0.5, 0.6) is 34.5 Å². The summed E-state index contributed by atoms with van der Waals surface area (Å²) in [5, 5.41) is 12.2. The number of phenols is 1. The molecular formula is C35H31NO10. The number of hydrogen-bond donors (Lipinski definition) is 2. The van der Waals surface area contributed by atoms with Crippen molar-refractivity contribution in [1.82, 2.24) is 0 Å². The number of carbonyl (C=O) groups is 2. The first-order valence-electron chi connectivity index (χ1n) is 14.8. The van der Waals surface area contributed by atoms with Gasteiger partial charge in [-0.3, -0.25) is 4.79 Å². The van der Waals surface area contributed by atoms with Crippen molar-refractivity contribution in [2.45, 2.75) is 19.1 Å². The Bertz CT molecular complexity index is 1690. The van der Waals surface area contributed by atoms with Gasteiger partial charge in [-0.25, -0.2) is 4.79 Å². The Balaban J connectivity index is 0.000000153. The number of phenolic OH excluding ortho intramolecular Hbond substituents is 1. The summed E-state index contributed by atoms with van der Waals surface area (Å²) in [5.41, 5.74) is 2.95. The summed E-state index contributed by atoms with van der Waals surface area (Å²) in [5.74, 6) is 3.20. The fourth-order valence-electron chi connectivity index (χ4n) is 6.03. The van der Waals surface area contributed by atoms with E-state index in [1.54, 1.807) is 36.4 Å². The maximum atomic E-state index is 11.8. The topological polar surface area (TPSA) is 131 Å². The molecule has 2 saturated heterocycles. The summed E-state index contributed by atoms with van der Waals surface area (Å²) >= 11 is 0. The van der Waals surface area contributed by atoms with E-state index in [1.165, 1.54) is 19.1 Å².